The minimum atomic E-state index is -5.02. The van der Waals surface area contributed by atoms with Crippen LogP contribution in [0.4, 0.5) is 32.0 Å². The summed E-state index contributed by atoms with van der Waals surface area (Å²) in [5, 5.41) is 10.3. The molecule has 0 fully saturated rings. The van der Waals surface area contributed by atoms with Gasteiger partial charge in [-0.2, -0.15) is 26.3 Å². The summed E-state index contributed by atoms with van der Waals surface area (Å²) in [6, 6.07) is 0.852. The van der Waals surface area contributed by atoms with Crippen molar-refractivity contribution in [1.82, 2.24) is 24.7 Å². The van der Waals surface area contributed by atoms with Crippen molar-refractivity contribution in [3.63, 3.8) is 0 Å². The molecule has 1 amide bonds. The lowest BCUT2D eigenvalue weighted by Crippen LogP contribution is -2.17. The fourth-order valence-corrected chi connectivity index (χ4v) is 3.40. The highest BCUT2D eigenvalue weighted by Gasteiger charge is 2.37. The van der Waals surface area contributed by atoms with Crippen molar-refractivity contribution in [2.75, 3.05) is 11.1 Å². The van der Waals surface area contributed by atoms with Crippen LogP contribution in [0.5, 0.6) is 0 Å². The van der Waals surface area contributed by atoms with E-state index in [1.165, 1.54) is 18.6 Å². The van der Waals surface area contributed by atoms with Gasteiger partial charge in [0.25, 0.3) is 0 Å². The number of alkyl halides is 6. The largest absolute Gasteiger partial charge is 0.416 e. The molecule has 2 heterocycles. The summed E-state index contributed by atoms with van der Waals surface area (Å²) in [5.74, 6) is -0.840. The van der Waals surface area contributed by atoms with Gasteiger partial charge in [-0.15, -0.1) is 16.8 Å². The normalized spacial score (nSPS) is 11.9. The Morgan fingerprint density at radius 2 is 1.73 bits per heavy atom. The second kappa shape index (κ2) is 9.60. The zero-order valence-corrected chi connectivity index (χ0v) is 17.3. The summed E-state index contributed by atoms with van der Waals surface area (Å²) in [6.07, 6.45) is -4.12. The molecule has 0 spiro atoms. The molecule has 0 aliphatic carbocycles. The van der Waals surface area contributed by atoms with E-state index < -0.39 is 35.1 Å². The van der Waals surface area contributed by atoms with Gasteiger partial charge in [-0.1, -0.05) is 17.8 Å². The minimum absolute atomic E-state index is 0.0177. The Kier molecular flexibility index (Phi) is 7.05. The van der Waals surface area contributed by atoms with Crippen molar-refractivity contribution >= 4 is 23.4 Å². The lowest BCUT2D eigenvalue weighted by atomic mass is 10.1. The fraction of sp³-hybridized carbons (Fsp3) is 0.211. The highest BCUT2D eigenvalue weighted by molar-refractivity contribution is 7.99. The number of hydrogen-bond donors (Lipinski definition) is 1. The van der Waals surface area contributed by atoms with Crippen molar-refractivity contribution in [2.45, 2.75) is 24.1 Å². The van der Waals surface area contributed by atoms with Crippen LogP contribution >= 0.6 is 11.8 Å². The van der Waals surface area contributed by atoms with E-state index in [2.05, 4.69) is 32.1 Å². The Morgan fingerprint density at radius 3 is 2.27 bits per heavy atom. The van der Waals surface area contributed by atoms with Gasteiger partial charge in [0, 0.05) is 24.6 Å². The third-order valence-corrected chi connectivity index (χ3v) is 4.99. The van der Waals surface area contributed by atoms with Crippen molar-refractivity contribution in [3.8, 4) is 11.5 Å². The number of carbonyl (C=O) groups excluding carboxylic acids is 1. The number of rotatable bonds is 7. The number of carbonyl (C=O) groups is 1. The summed E-state index contributed by atoms with van der Waals surface area (Å²) in [6.45, 7) is 3.89. The summed E-state index contributed by atoms with van der Waals surface area (Å²) in [7, 11) is 0. The summed E-state index contributed by atoms with van der Waals surface area (Å²) in [5.41, 5.74) is -3.28. The molecule has 0 bridgehead atoms. The molecule has 174 valence electrons. The monoisotopic (exact) mass is 488 g/mol. The van der Waals surface area contributed by atoms with Crippen LogP contribution in [0.2, 0.25) is 0 Å². The van der Waals surface area contributed by atoms with Crippen molar-refractivity contribution < 1.29 is 31.1 Å². The molecule has 3 rings (SSSR count). The first-order valence-corrected chi connectivity index (χ1v) is 10.00. The first-order valence-electron chi connectivity index (χ1n) is 9.01. The van der Waals surface area contributed by atoms with Crippen LogP contribution in [-0.4, -0.2) is 36.4 Å². The number of nitrogens with zero attached hydrogens (tertiary/aromatic N) is 5. The minimum Gasteiger partial charge on any atom is -0.325 e. The van der Waals surface area contributed by atoms with Crippen molar-refractivity contribution in [1.29, 1.82) is 0 Å². The lowest BCUT2D eigenvalue weighted by Gasteiger charge is -2.14. The molecular formula is C19H14F6N6OS. The maximum atomic E-state index is 13.0. The molecule has 1 N–H and O–H groups in total. The third-order valence-electron chi connectivity index (χ3n) is 4.02. The number of hydrogen-bond acceptors (Lipinski definition) is 6. The highest BCUT2D eigenvalue weighted by Crippen LogP contribution is 2.37. The van der Waals surface area contributed by atoms with Gasteiger partial charge in [0.2, 0.25) is 5.91 Å². The predicted molar refractivity (Wildman–Crippen MR) is 107 cm³/mol. The summed E-state index contributed by atoms with van der Waals surface area (Å²) >= 11 is 0.886. The molecule has 0 aliphatic heterocycles. The molecule has 0 saturated carbocycles. The standard InChI is InChI=1S/C19H14F6N6OS/c1-2-5-31-16(14-9-26-3-4-27-14)29-30-17(31)33-10-15(32)28-13-7-11(18(20,21)22)6-12(8-13)19(23,24)25/h2-4,6-9H,1,5,10H2,(H,28,32). The Hall–Kier alpha value is -3.42. The van der Waals surface area contributed by atoms with Crippen molar-refractivity contribution in [3.05, 3.63) is 60.6 Å². The molecule has 33 heavy (non-hydrogen) atoms. The van der Waals surface area contributed by atoms with Crippen LogP contribution in [0, 0.1) is 0 Å². The van der Waals surface area contributed by atoms with Crippen LogP contribution in [0.3, 0.4) is 0 Å². The van der Waals surface area contributed by atoms with E-state index >= 15 is 0 Å². The molecule has 0 unspecified atom stereocenters. The lowest BCUT2D eigenvalue weighted by molar-refractivity contribution is -0.143. The van der Waals surface area contributed by atoms with Gasteiger partial charge in [-0.25, -0.2) is 4.98 Å². The van der Waals surface area contributed by atoms with E-state index in [9.17, 15) is 31.1 Å². The molecule has 0 saturated heterocycles. The zero-order valence-electron chi connectivity index (χ0n) is 16.5. The molecular weight excluding hydrogens is 474 g/mol. The number of anilines is 1. The number of benzene rings is 1. The number of thioether (sulfide) groups is 1. The topological polar surface area (TPSA) is 85.6 Å². The van der Waals surface area contributed by atoms with Crippen LogP contribution in [0.25, 0.3) is 11.5 Å². The van der Waals surface area contributed by atoms with Crippen LogP contribution in [-0.2, 0) is 23.7 Å². The highest BCUT2D eigenvalue weighted by atomic mass is 32.2. The first-order chi connectivity index (χ1) is 15.5. The number of aromatic nitrogens is 5. The van der Waals surface area contributed by atoms with Crippen LogP contribution < -0.4 is 5.32 Å². The number of halogens is 6. The molecule has 14 heteroatoms. The van der Waals surface area contributed by atoms with Gasteiger partial charge >= 0.3 is 12.4 Å². The van der Waals surface area contributed by atoms with Gasteiger partial charge in [0.15, 0.2) is 11.0 Å². The first kappa shape index (κ1) is 24.2. The molecule has 7 nitrogen and oxygen atoms in total. The summed E-state index contributed by atoms with van der Waals surface area (Å²) < 4.78 is 79.5. The van der Waals surface area contributed by atoms with Gasteiger partial charge in [-0.3, -0.25) is 14.3 Å². The van der Waals surface area contributed by atoms with E-state index in [1.807, 2.05) is 0 Å². The molecule has 0 atom stereocenters. The zero-order chi connectivity index (χ0) is 24.2. The fourth-order valence-electron chi connectivity index (χ4n) is 2.65. The quantitative estimate of drug-likeness (QED) is 0.295. The van der Waals surface area contributed by atoms with Gasteiger partial charge in [0.1, 0.15) is 5.69 Å². The maximum absolute atomic E-state index is 13.0. The second-order valence-corrected chi connectivity index (χ2v) is 7.37. The Morgan fingerprint density at radius 1 is 1.06 bits per heavy atom. The number of nitrogens with one attached hydrogen (secondary N) is 1. The molecule has 0 aliphatic rings. The van der Waals surface area contributed by atoms with E-state index in [4.69, 9.17) is 0 Å². The van der Waals surface area contributed by atoms with Gasteiger partial charge in [-0.05, 0) is 18.2 Å². The molecule has 2 aromatic heterocycles. The Labute approximate surface area is 187 Å². The van der Waals surface area contributed by atoms with E-state index in [0.29, 0.717) is 23.7 Å². The Balaban J connectivity index is 1.77. The van der Waals surface area contributed by atoms with Crippen LogP contribution in [0.1, 0.15) is 11.1 Å². The van der Waals surface area contributed by atoms with Crippen molar-refractivity contribution in [2.24, 2.45) is 0 Å². The average Bonchev–Trinajstić information content (AvgIpc) is 3.14. The average molecular weight is 488 g/mol. The van der Waals surface area contributed by atoms with Gasteiger partial charge < -0.3 is 5.32 Å². The van der Waals surface area contributed by atoms with Gasteiger partial charge in [0.05, 0.1) is 23.1 Å². The summed E-state index contributed by atoms with van der Waals surface area (Å²) in [4.78, 5) is 20.3. The second-order valence-electron chi connectivity index (χ2n) is 6.43. The SMILES string of the molecule is C=CCn1c(SCC(=O)Nc2cc(C(F)(F)F)cc(C(F)(F)F)c2)nnc1-c1cnccn1. The maximum Gasteiger partial charge on any atom is 0.416 e. The molecule has 1 aromatic carbocycles. The van der Waals surface area contributed by atoms with E-state index in [-0.39, 0.29) is 23.5 Å². The van der Waals surface area contributed by atoms with E-state index in [1.54, 1.807) is 10.6 Å². The molecule has 0 radical (unpaired) electrons. The smallest absolute Gasteiger partial charge is 0.325 e. The number of amides is 1. The van der Waals surface area contributed by atoms with Crippen LogP contribution in [0.15, 0.2) is 54.6 Å². The van der Waals surface area contributed by atoms with E-state index in [0.717, 1.165) is 11.8 Å². The third kappa shape index (κ3) is 6.09. The predicted octanol–water partition coefficient (Wildman–Crippen LogP) is 4.69. The molecule has 3 aromatic rings. The number of allylic oxidation sites excluding steroid dienone is 1. The Bertz CT molecular complexity index is 1110.